The minimum Gasteiger partial charge on any atom is -0.297 e. The Hall–Kier alpha value is -1.17. The van der Waals surface area contributed by atoms with Crippen molar-refractivity contribution in [1.82, 2.24) is 9.21 Å². The summed E-state index contributed by atoms with van der Waals surface area (Å²) in [5, 5.41) is 0. The molecular formula is C16H24N2O2S. The van der Waals surface area contributed by atoms with Crippen molar-refractivity contribution >= 4 is 16.1 Å². The van der Waals surface area contributed by atoms with Gasteiger partial charge in [0.1, 0.15) is 0 Å². The fourth-order valence-corrected chi connectivity index (χ4v) is 3.97. The van der Waals surface area contributed by atoms with Crippen molar-refractivity contribution in [2.24, 2.45) is 0 Å². The highest BCUT2D eigenvalue weighted by molar-refractivity contribution is 7.89. The van der Waals surface area contributed by atoms with Crippen molar-refractivity contribution < 1.29 is 8.42 Å². The van der Waals surface area contributed by atoms with Crippen LogP contribution in [0, 0.1) is 0 Å². The van der Waals surface area contributed by atoms with E-state index in [0.717, 1.165) is 19.6 Å². The van der Waals surface area contributed by atoms with E-state index in [2.05, 4.69) is 29.2 Å². The summed E-state index contributed by atoms with van der Waals surface area (Å²) in [4.78, 5) is 2.29. The molecule has 1 aromatic carbocycles. The number of hydrogen-bond acceptors (Lipinski definition) is 3. The van der Waals surface area contributed by atoms with Crippen LogP contribution in [0.2, 0.25) is 0 Å². The van der Waals surface area contributed by atoms with Crippen LogP contribution in [0.25, 0.3) is 6.08 Å². The number of nitrogens with zero attached hydrogens (tertiary/aromatic N) is 2. The Labute approximate surface area is 128 Å². The van der Waals surface area contributed by atoms with Crippen LogP contribution in [0.1, 0.15) is 18.9 Å². The summed E-state index contributed by atoms with van der Waals surface area (Å²) in [6.45, 7) is 5.62. The molecule has 0 aliphatic carbocycles. The zero-order chi connectivity index (χ0) is 15.1. The lowest BCUT2D eigenvalue weighted by Crippen LogP contribution is -2.49. The SMILES string of the molecule is CCCS(=O)(=O)N1CCN(CC=Cc2ccccc2)CC1. The highest BCUT2D eigenvalue weighted by Gasteiger charge is 2.25. The van der Waals surface area contributed by atoms with Crippen molar-refractivity contribution in [1.29, 1.82) is 0 Å². The first-order chi connectivity index (χ1) is 10.1. The van der Waals surface area contributed by atoms with Crippen molar-refractivity contribution in [2.45, 2.75) is 13.3 Å². The third-order valence-corrected chi connectivity index (χ3v) is 5.74. The van der Waals surface area contributed by atoms with E-state index in [4.69, 9.17) is 0 Å². The predicted molar refractivity (Wildman–Crippen MR) is 87.6 cm³/mol. The summed E-state index contributed by atoms with van der Waals surface area (Å²) in [6, 6.07) is 10.2. The molecule has 1 aromatic rings. The molecular weight excluding hydrogens is 284 g/mol. The zero-order valence-electron chi connectivity index (χ0n) is 12.6. The fourth-order valence-electron chi connectivity index (χ4n) is 2.48. The van der Waals surface area contributed by atoms with Gasteiger partial charge in [0, 0.05) is 32.7 Å². The lowest BCUT2D eigenvalue weighted by Gasteiger charge is -2.33. The molecule has 1 fully saturated rings. The van der Waals surface area contributed by atoms with Gasteiger partial charge in [-0.1, -0.05) is 49.4 Å². The van der Waals surface area contributed by atoms with Crippen LogP contribution in [0.3, 0.4) is 0 Å². The third-order valence-electron chi connectivity index (χ3n) is 3.66. The molecule has 1 saturated heterocycles. The summed E-state index contributed by atoms with van der Waals surface area (Å²) in [7, 11) is -3.03. The average molecular weight is 308 g/mol. The second-order valence-corrected chi connectivity index (χ2v) is 7.42. The molecule has 5 heteroatoms. The van der Waals surface area contributed by atoms with Gasteiger partial charge in [0.2, 0.25) is 10.0 Å². The highest BCUT2D eigenvalue weighted by atomic mass is 32.2. The predicted octanol–water partition coefficient (Wildman–Crippen LogP) is 2.06. The summed E-state index contributed by atoms with van der Waals surface area (Å²) < 4.78 is 25.6. The van der Waals surface area contributed by atoms with Crippen molar-refractivity contribution in [3.8, 4) is 0 Å². The van der Waals surface area contributed by atoms with Crippen LogP contribution in [0.5, 0.6) is 0 Å². The van der Waals surface area contributed by atoms with Crippen LogP contribution in [-0.2, 0) is 10.0 Å². The summed E-state index contributed by atoms with van der Waals surface area (Å²) in [5.41, 5.74) is 1.20. The largest absolute Gasteiger partial charge is 0.297 e. The maximum absolute atomic E-state index is 12.0. The van der Waals surface area contributed by atoms with Gasteiger partial charge in [-0.2, -0.15) is 4.31 Å². The Kier molecular flexibility index (Phi) is 5.96. The van der Waals surface area contributed by atoms with Gasteiger partial charge in [-0.15, -0.1) is 0 Å². The normalized spacial score (nSPS) is 18.3. The third kappa shape index (κ3) is 4.95. The van der Waals surface area contributed by atoms with E-state index in [1.165, 1.54) is 5.56 Å². The Bertz CT molecular complexity index is 547. The van der Waals surface area contributed by atoms with E-state index in [0.29, 0.717) is 19.5 Å². The highest BCUT2D eigenvalue weighted by Crippen LogP contribution is 2.09. The molecule has 0 amide bonds. The fraction of sp³-hybridized carbons (Fsp3) is 0.500. The van der Waals surface area contributed by atoms with E-state index in [1.54, 1.807) is 4.31 Å². The van der Waals surface area contributed by atoms with Gasteiger partial charge in [0.15, 0.2) is 0 Å². The summed E-state index contributed by atoms with van der Waals surface area (Å²) in [6.07, 6.45) is 4.94. The van der Waals surface area contributed by atoms with Gasteiger partial charge >= 0.3 is 0 Å². The Morgan fingerprint density at radius 3 is 2.38 bits per heavy atom. The molecule has 2 rings (SSSR count). The van der Waals surface area contributed by atoms with Crippen LogP contribution in [0.15, 0.2) is 36.4 Å². The van der Waals surface area contributed by atoms with E-state index < -0.39 is 10.0 Å². The Balaban J connectivity index is 1.78. The van der Waals surface area contributed by atoms with Gasteiger partial charge in [-0.3, -0.25) is 4.90 Å². The molecule has 0 radical (unpaired) electrons. The number of piperazine rings is 1. The molecule has 0 N–H and O–H groups in total. The van der Waals surface area contributed by atoms with Gasteiger partial charge in [-0.25, -0.2) is 8.42 Å². The molecule has 4 nitrogen and oxygen atoms in total. The lowest BCUT2D eigenvalue weighted by molar-refractivity contribution is 0.204. The number of rotatable bonds is 6. The maximum atomic E-state index is 12.0. The number of benzene rings is 1. The van der Waals surface area contributed by atoms with Crippen LogP contribution >= 0.6 is 0 Å². The van der Waals surface area contributed by atoms with Gasteiger partial charge in [-0.05, 0) is 12.0 Å². The average Bonchev–Trinajstić information content (AvgIpc) is 2.49. The molecule has 21 heavy (non-hydrogen) atoms. The van der Waals surface area contributed by atoms with Crippen LogP contribution in [0.4, 0.5) is 0 Å². The van der Waals surface area contributed by atoms with Crippen LogP contribution in [-0.4, -0.2) is 56.1 Å². The second kappa shape index (κ2) is 7.73. The topological polar surface area (TPSA) is 40.6 Å². The lowest BCUT2D eigenvalue weighted by atomic mass is 10.2. The molecule has 0 spiro atoms. The standard InChI is InChI=1S/C16H24N2O2S/c1-2-15-21(19,20)18-13-11-17(12-14-18)10-6-9-16-7-4-3-5-8-16/h3-9H,2,10-15H2,1H3. The maximum Gasteiger partial charge on any atom is 0.214 e. The molecule has 0 atom stereocenters. The molecule has 0 aromatic heterocycles. The van der Waals surface area contributed by atoms with Crippen LogP contribution < -0.4 is 0 Å². The van der Waals surface area contributed by atoms with E-state index in [9.17, 15) is 8.42 Å². The minimum absolute atomic E-state index is 0.265. The molecule has 0 saturated carbocycles. The summed E-state index contributed by atoms with van der Waals surface area (Å²) in [5.74, 6) is 0.265. The van der Waals surface area contributed by atoms with Crippen molar-refractivity contribution in [3.05, 3.63) is 42.0 Å². The first kappa shape index (κ1) is 16.2. The molecule has 1 aliphatic heterocycles. The molecule has 0 unspecified atom stereocenters. The first-order valence-electron chi connectivity index (χ1n) is 7.53. The van der Waals surface area contributed by atoms with E-state index in [-0.39, 0.29) is 5.75 Å². The monoisotopic (exact) mass is 308 g/mol. The Morgan fingerprint density at radius 1 is 1.10 bits per heavy atom. The minimum atomic E-state index is -3.03. The quantitative estimate of drug-likeness (QED) is 0.807. The van der Waals surface area contributed by atoms with E-state index in [1.807, 2.05) is 25.1 Å². The van der Waals surface area contributed by atoms with Gasteiger partial charge in [0.25, 0.3) is 0 Å². The smallest absolute Gasteiger partial charge is 0.214 e. The number of hydrogen-bond donors (Lipinski definition) is 0. The second-order valence-electron chi connectivity index (χ2n) is 5.33. The van der Waals surface area contributed by atoms with Gasteiger partial charge in [0.05, 0.1) is 5.75 Å². The van der Waals surface area contributed by atoms with Gasteiger partial charge < -0.3 is 0 Å². The Morgan fingerprint density at radius 2 is 1.76 bits per heavy atom. The molecule has 1 heterocycles. The molecule has 0 bridgehead atoms. The van der Waals surface area contributed by atoms with E-state index >= 15 is 0 Å². The number of sulfonamides is 1. The molecule has 116 valence electrons. The molecule has 1 aliphatic rings. The first-order valence-corrected chi connectivity index (χ1v) is 9.14. The van der Waals surface area contributed by atoms with Crippen molar-refractivity contribution in [2.75, 3.05) is 38.5 Å². The van der Waals surface area contributed by atoms with Crippen molar-refractivity contribution in [3.63, 3.8) is 0 Å². The summed E-state index contributed by atoms with van der Waals surface area (Å²) >= 11 is 0. The zero-order valence-corrected chi connectivity index (χ0v) is 13.4.